The van der Waals surface area contributed by atoms with Gasteiger partial charge in [0, 0.05) is 11.5 Å². The molecular weight excluding hydrogens is 263 g/mol. The van der Waals surface area contributed by atoms with Gasteiger partial charge in [0.25, 0.3) is 0 Å². The average molecular weight is 284 g/mol. The van der Waals surface area contributed by atoms with Crippen LogP contribution in [0.15, 0.2) is 0 Å². The summed E-state index contributed by atoms with van der Waals surface area (Å²) in [7, 11) is -2.93. The molecule has 3 nitrogen and oxygen atoms in total. The Morgan fingerprint density at radius 2 is 1.62 bits per heavy atom. The van der Waals surface area contributed by atoms with Crippen molar-refractivity contribution in [3.63, 3.8) is 0 Å². The molecule has 0 aromatic rings. The Morgan fingerprint density at radius 3 is 2.00 bits per heavy atom. The maximum Gasteiger partial charge on any atom is 0.353 e. The highest BCUT2D eigenvalue weighted by atomic mass is 32.2. The molecule has 0 unspecified atom stereocenters. The number of thioether (sulfide) groups is 2. The Hall–Kier alpha value is 0.850. The minimum Gasteiger partial charge on any atom is -0.308 e. The molecule has 0 bridgehead atoms. The van der Waals surface area contributed by atoms with Crippen LogP contribution in [-0.2, 0) is 13.6 Å². The summed E-state index contributed by atoms with van der Waals surface area (Å²) in [6, 6.07) is 0. The van der Waals surface area contributed by atoms with Gasteiger partial charge in [0.05, 0.1) is 13.2 Å². The van der Waals surface area contributed by atoms with Crippen LogP contribution < -0.4 is 0 Å². The van der Waals surface area contributed by atoms with Crippen molar-refractivity contribution < 1.29 is 13.6 Å². The van der Waals surface area contributed by atoms with Crippen molar-refractivity contribution in [3.05, 3.63) is 0 Å². The molecular formula is C10H21O3PS2. The van der Waals surface area contributed by atoms with Crippen molar-refractivity contribution in [3.8, 4) is 0 Å². The lowest BCUT2D eigenvalue weighted by Crippen LogP contribution is -2.26. The molecule has 1 aliphatic heterocycles. The molecule has 1 saturated heterocycles. The first-order valence-electron chi connectivity index (χ1n) is 5.55. The summed E-state index contributed by atoms with van der Waals surface area (Å²) in [4.78, 5) is 0. The molecule has 0 aliphatic carbocycles. The fourth-order valence-corrected chi connectivity index (χ4v) is 7.37. The van der Waals surface area contributed by atoms with Crippen molar-refractivity contribution in [1.82, 2.24) is 0 Å². The van der Waals surface area contributed by atoms with Crippen LogP contribution >= 0.6 is 31.1 Å². The SMILES string of the molecule is CCOP(=O)(OCC)C1SCC(C)(C)CS1. The summed E-state index contributed by atoms with van der Waals surface area (Å²) < 4.78 is 23.2. The highest BCUT2D eigenvalue weighted by molar-refractivity contribution is 8.24. The summed E-state index contributed by atoms with van der Waals surface area (Å²) in [6.07, 6.45) is 0. The third-order valence-corrected chi connectivity index (χ3v) is 9.59. The number of rotatable bonds is 5. The van der Waals surface area contributed by atoms with Crippen molar-refractivity contribution in [2.45, 2.75) is 32.0 Å². The lowest BCUT2D eigenvalue weighted by molar-refractivity contribution is 0.222. The molecule has 96 valence electrons. The van der Waals surface area contributed by atoms with E-state index < -0.39 is 7.60 Å². The van der Waals surface area contributed by atoms with Gasteiger partial charge < -0.3 is 9.05 Å². The van der Waals surface area contributed by atoms with Crippen LogP contribution in [0.4, 0.5) is 0 Å². The summed E-state index contributed by atoms with van der Waals surface area (Å²) in [6.45, 7) is 9.06. The third kappa shape index (κ3) is 3.95. The molecule has 1 rings (SSSR count). The minimum atomic E-state index is -2.93. The van der Waals surface area contributed by atoms with Crippen LogP contribution in [0.2, 0.25) is 0 Å². The summed E-state index contributed by atoms with van der Waals surface area (Å²) in [5, 5.41) is 0. The smallest absolute Gasteiger partial charge is 0.308 e. The quantitative estimate of drug-likeness (QED) is 0.712. The highest BCUT2D eigenvalue weighted by Crippen LogP contribution is 2.64. The van der Waals surface area contributed by atoms with Gasteiger partial charge >= 0.3 is 7.60 Å². The Balaban J connectivity index is 2.64. The zero-order valence-electron chi connectivity index (χ0n) is 10.4. The molecule has 0 amide bonds. The second-order valence-electron chi connectivity index (χ2n) is 4.47. The molecule has 0 atom stereocenters. The van der Waals surface area contributed by atoms with Gasteiger partial charge in [-0.2, -0.15) is 0 Å². The van der Waals surface area contributed by atoms with E-state index in [1.807, 2.05) is 13.8 Å². The molecule has 0 saturated carbocycles. The van der Waals surface area contributed by atoms with Gasteiger partial charge in [-0.05, 0) is 19.3 Å². The van der Waals surface area contributed by atoms with Gasteiger partial charge in [0.2, 0.25) is 0 Å². The zero-order chi connectivity index (χ0) is 12.2. The van der Waals surface area contributed by atoms with Crippen molar-refractivity contribution in [2.75, 3.05) is 24.7 Å². The topological polar surface area (TPSA) is 35.5 Å². The fraction of sp³-hybridized carbons (Fsp3) is 1.00. The predicted molar refractivity (Wildman–Crippen MR) is 73.3 cm³/mol. The van der Waals surface area contributed by atoms with Crippen molar-refractivity contribution >= 4 is 31.1 Å². The molecule has 16 heavy (non-hydrogen) atoms. The van der Waals surface area contributed by atoms with Gasteiger partial charge in [-0.3, -0.25) is 4.57 Å². The lowest BCUT2D eigenvalue weighted by atomic mass is 10.0. The van der Waals surface area contributed by atoms with Crippen LogP contribution in [0.25, 0.3) is 0 Å². The predicted octanol–water partition coefficient (Wildman–Crippen LogP) is 4.04. The minimum absolute atomic E-state index is 0.0552. The van der Waals surface area contributed by atoms with Crippen LogP contribution in [-0.4, -0.2) is 29.0 Å². The Kier molecular flexibility index (Phi) is 5.73. The monoisotopic (exact) mass is 284 g/mol. The molecule has 6 heteroatoms. The van der Waals surface area contributed by atoms with Crippen LogP contribution in [0, 0.1) is 5.41 Å². The first-order chi connectivity index (χ1) is 7.43. The van der Waals surface area contributed by atoms with Crippen molar-refractivity contribution in [2.24, 2.45) is 5.41 Å². The van der Waals surface area contributed by atoms with Gasteiger partial charge in [-0.1, -0.05) is 13.8 Å². The first-order valence-corrected chi connectivity index (χ1v) is 9.26. The number of hydrogen-bond acceptors (Lipinski definition) is 5. The van der Waals surface area contributed by atoms with E-state index in [9.17, 15) is 4.57 Å². The fourth-order valence-electron chi connectivity index (χ4n) is 1.38. The van der Waals surface area contributed by atoms with Crippen molar-refractivity contribution in [1.29, 1.82) is 0 Å². The van der Waals surface area contributed by atoms with Gasteiger partial charge in [-0.15, -0.1) is 23.5 Å². The maximum atomic E-state index is 12.5. The molecule has 0 spiro atoms. The molecule has 1 heterocycles. The van der Waals surface area contributed by atoms with Gasteiger partial charge in [-0.25, -0.2) is 0 Å². The Labute approximate surface area is 107 Å². The van der Waals surface area contributed by atoms with E-state index in [-0.39, 0.29) is 4.32 Å². The van der Waals surface area contributed by atoms with Crippen LogP contribution in [0.5, 0.6) is 0 Å². The van der Waals surface area contributed by atoms with Crippen LogP contribution in [0.1, 0.15) is 27.7 Å². The highest BCUT2D eigenvalue weighted by Gasteiger charge is 2.41. The molecule has 1 aliphatic rings. The van der Waals surface area contributed by atoms with E-state index in [1.165, 1.54) is 0 Å². The molecule has 0 N–H and O–H groups in total. The largest absolute Gasteiger partial charge is 0.353 e. The average Bonchev–Trinajstić information content (AvgIpc) is 2.17. The van der Waals surface area contributed by atoms with Gasteiger partial charge in [0.15, 0.2) is 4.32 Å². The first kappa shape index (κ1) is 14.9. The molecule has 0 aromatic carbocycles. The van der Waals surface area contributed by atoms with Gasteiger partial charge in [0.1, 0.15) is 0 Å². The van der Waals surface area contributed by atoms with E-state index >= 15 is 0 Å². The van der Waals surface area contributed by atoms with Crippen LogP contribution in [0.3, 0.4) is 0 Å². The maximum absolute atomic E-state index is 12.5. The Bertz CT molecular complexity index is 251. The van der Waals surface area contributed by atoms with E-state index in [4.69, 9.17) is 9.05 Å². The third-order valence-electron chi connectivity index (χ3n) is 2.11. The van der Waals surface area contributed by atoms with E-state index in [2.05, 4.69) is 13.8 Å². The number of hydrogen-bond donors (Lipinski definition) is 0. The second-order valence-corrected chi connectivity index (χ2v) is 9.77. The second kappa shape index (κ2) is 6.14. The Morgan fingerprint density at radius 1 is 1.19 bits per heavy atom. The summed E-state index contributed by atoms with van der Waals surface area (Å²) >= 11 is 3.41. The van der Waals surface area contributed by atoms with E-state index in [1.54, 1.807) is 23.5 Å². The molecule has 1 fully saturated rings. The normalized spacial score (nSPS) is 22.2. The summed E-state index contributed by atoms with van der Waals surface area (Å²) in [5.74, 6) is 2.02. The van der Waals surface area contributed by atoms with E-state index in [0.29, 0.717) is 18.6 Å². The zero-order valence-corrected chi connectivity index (χ0v) is 12.9. The standard InChI is InChI=1S/C10H21O3PS2/c1-5-12-14(11,13-6-2)9-15-7-10(3,4)8-16-9/h9H,5-8H2,1-4H3. The lowest BCUT2D eigenvalue weighted by Gasteiger charge is -2.35. The summed E-state index contributed by atoms with van der Waals surface area (Å²) in [5.41, 5.74) is 0.315. The molecule has 0 aromatic heterocycles. The molecule has 0 radical (unpaired) electrons. The van der Waals surface area contributed by atoms with E-state index in [0.717, 1.165) is 11.5 Å².